The maximum Gasteiger partial charge on any atom is 0.251 e. The van der Waals surface area contributed by atoms with Crippen LogP contribution < -0.4 is 46.6 Å². The van der Waals surface area contributed by atoms with E-state index in [1.807, 2.05) is 39.0 Å². The van der Waals surface area contributed by atoms with Crippen LogP contribution in [-0.4, -0.2) is 181 Å². The van der Waals surface area contributed by atoms with Crippen molar-refractivity contribution in [2.24, 2.45) is 0 Å². The van der Waals surface area contributed by atoms with Gasteiger partial charge in [-0.15, -0.1) is 0 Å². The van der Waals surface area contributed by atoms with Gasteiger partial charge in [0.25, 0.3) is 17.7 Å². The summed E-state index contributed by atoms with van der Waals surface area (Å²) in [6.45, 7) is 19.2. The van der Waals surface area contributed by atoms with Gasteiger partial charge in [-0.2, -0.15) is 0 Å². The molecule has 3 amide bonds. The molecule has 3 atom stereocenters. The Morgan fingerprint density at radius 3 is 0.929 bits per heavy atom. The fourth-order valence-corrected chi connectivity index (χ4v) is 11.5. The summed E-state index contributed by atoms with van der Waals surface area (Å²) >= 11 is 0. The molecule has 6 heterocycles. The smallest absolute Gasteiger partial charge is 0.251 e. The summed E-state index contributed by atoms with van der Waals surface area (Å²) in [6, 6.07) is 24.5. The van der Waals surface area contributed by atoms with Crippen LogP contribution in [0.5, 0.6) is 0 Å². The molecule has 24 nitrogen and oxygen atoms in total. The van der Waals surface area contributed by atoms with E-state index in [1.54, 1.807) is 94.0 Å². The van der Waals surface area contributed by atoms with Crippen LogP contribution in [0.1, 0.15) is 103 Å². The van der Waals surface area contributed by atoms with Crippen molar-refractivity contribution < 1.29 is 57.1 Å². The third-order valence-electron chi connectivity index (χ3n) is 17.0. The highest BCUT2D eigenvalue weighted by Crippen LogP contribution is 2.33. The van der Waals surface area contributed by atoms with E-state index in [9.17, 15) is 27.6 Å². The molecule has 3 aliphatic heterocycles. The average molecular weight is 1360 g/mol. The number of hydrogen-bond donors (Lipinski definition) is 9. The van der Waals surface area contributed by atoms with Gasteiger partial charge in [-0.1, -0.05) is 18.2 Å². The number of halogens is 3. The predicted octanol–water partition coefficient (Wildman–Crippen LogP) is 8.43. The maximum absolute atomic E-state index is 14.1. The minimum Gasteiger partial charge on any atom is -0.395 e. The summed E-state index contributed by atoms with van der Waals surface area (Å²) in [5, 5.41) is 45.1. The Labute approximate surface area is 571 Å². The Kier molecular flexibility index (Phi) is 24.7. The largest absolute Gasteiger partial charge is 0.395 e. The topological polar surface area (TPSA) is 299 Å². The Bertz CT molecular complexity index is 3880. The van der Waals surface area contributed by atoms with Gasteiger partial charge in [0.15, 0.2) is 0 Å². The standard InChI is InChI=1S/3C24H28FN5O3/c3*1-15-3-4-18(13-20(15)25)28-16(2)19-11-17(24(32)26-5-8-31)12-21-23(19)29-22(14-27-21)30-6-9-33-10-7-30/h3*3-4,11-14,16,28,31H,5-10H2,1-2H3,(H,26,32). The zero-order chi connectivity index (χ0) is 70.1. The van der Waals surface area contributed by atoms with E-state index in [2.05, 4.69) is 61.6 Å². The number of amides is 3. The lowest BCUT2D eigenvalue weighted by molar-refractivity contribution is 0.0937. The van der Waals surface area contributed by atoms with Crippen molar-refractivity contribution >= 4 is 85.3 Å². The summed E-state index contributed by atoms with van der Waals surface area (Å²) in [5.74, 6) is 0.463. The molecule has 3 fully saturated rings. The Morgan fingerprint density at radius 1 is 0.424 bits per heavy atom. The zero-order valence-corrected chi connectivity index (χ0v) is 56.3. The molecule has 27 heteroatoms. The Hall–Kier alpha value is -9.90. The average Bonchev–Trinajstić information content (AvgIpc) is 0.792. The number of morpholine rings is 3. The number of carbonyl (C=O) groups excluding carboxylic acids is 3. The molecule has 6 aromatic carbocycles. The monoisotopic (exact) mass is 1360 g/mol. The van der Waals surface area contributed by atoms with E-state index in [-0.39, 0.29) is 92.8 Å². The van der Waals surface area contributed by atoms with Crippen LogP contribution in [-0.2, 0) is 14.2 Å². The highest BCUT2D eigenvalue weighted by atomic mass is 19.1. The van der Waals surface area contributed by atoms with E-state index < -0.39 is 0 Å². The molecule has 9 aromatic rings. The number of nitrogens with one attached hydrogen (secondary N) is 6. The summed E-state index contributed by atoms with van der Waals surface area (Å²) in [6.07, 6.45) is 5.13. The van der Waals surface area contributed by atoms with Crippen LogP contribution >= 0.6 is 0 Å². The molecule has 0 spiro atoms. The Balaban J connectivity index is 0.000000161. The second-order valence-electron chi connectivity index (χ2n) is 24.2. The number of aromatic nitrogens is 6. The van der Waals surface area contributed by atoms with E-state index >= 15 is 0 Å². The van der Waals surface area contributed by atoms with Crippen molar-refractivity contribution in [2.45, 2.75) is 59.7 Å². The van der Waals surface area contributed by atoms with E-state index in [0.717, 1.165) is 73.4 Å². The van der Waals surface area contributed by atoms with Crippen LogP contribution in [0.3, 0.4) is 0 Å². The molecule has 12 rings (SSSR count). The number of ether oxygens (including phenoxy) is 3. The number of aryl methyl sites for hydroxylation is 3. The molecular formula is C72H84F3N15O9. The predicted molar refractivity (Wildman–Crippen MR) is 375 cm³/mol. The van der Waals surface area contributed by atoms with Gasteiger partial charge in [-0.3, -0.25) is 29.3 Å². The van der Waals surface area contributed by atoms with Crippen LogP contribution in [0.4, 0.5) is 47.7 Å². The molecule has 99 heavy (non-hydrogen) atoms. The van der Waals surface area contributed by atoms with Gasteiger partial charge in [0, 0.05) is 109 Å². The van der Waals surface area contributed by atoms with Crippen molar-refractivity contribution in [1.82, 2.24) is 45.9 Å². The van der Waals surface area contributed by atoms with Crippen molar-refractivity contribution in [3.63, 3.8) is 0 Å². The highest BCUT2D eigenvalue weighted by molar-refractivity contribution is 6.00. The van der Waals surface area contributed by atoms with Gasteiger partial charge < -0.3 is 76.1 Å². The number of nitrogens with zero attached hydrogens (tertiary/aromatic N) is 9. The molecule has 3 saturated heterocycles. The minimum atomic E-state index is -0.306. The van der Waals surface area contributed by atoms with Crippen LogP contribution in [0.2, 0.25) is 0 Å². The van der Waals surface area contributed by atoms with Gasteiger partial charge in [0.2, 0.25) is 0 Å². The minimum absolute atomic E-state index is 0.147. The van der Waals surface area contributed by atoms with E-state index in [0.29, 0.717) is 123 Å². The maximum atomic E-state index is 14.1. The first kappa shape index (κ1) is 71.9. The molecule has 3 aliphatic rings. The molecule has 0 saturated carbocycles. The second-order valence-corrected chi connectivity index (χ2v) is 24.2. The van der Waals surface area contributed by atoms with Crippen molar-refractivity contribution in [3.05, 3.63) is 177 Å². The summed E-state index contributed by atoms with van der Waals surface area (Å²) < 4.78 is 58.6. The molecule has 3 unspecified atom stereocenters. The number of fused-ring (bicyclic) bond motifs is 3. The SMILES string of the molecule is Cc1ccc(NC(C)c2cc(C(=O)NCCO)cc3ncc(N4CCOCC4)nc23)cc1F.Cc1ccc(NC(C)c2cc(C(=O)NCCO)cc3ncc(N4CCOCC4)nc23)cc1F.Cc1ccc(NC(C)c2cc(C(=O)NCCO)cc3ncc(N4CCOCC4)nc23)cc1F. The number of rotatable bonds is 21. The Morgan fingerprint density at radius 2 is 0.687 bits per heavy atom. The molecular weight excluding hydrogens is 1280 g/mol. The fourth-order valence-electron chi connectivity index (χ4n) is 11.5. The first-order chi connectivity index (χ1) is 47.9. The summed E-state index contributed by atoms with van der Waals surface area (Å²) in [5.41, 5.74) is 10.9. The second kappa shape index (κ2) is 34.1. The lowest BCUT2D eigenvalue weighted by atomic mass is 10.0. The summed E-state index contributed by atoms with van der Waals surface area (Å²) in [7, 11) is 0. The lowest BCUT2D eigenvalue weighted by Gasteiger charge is -2.28. The third kappa shape index (κ3) is 18.5. The third-order valence-corrected chi connectivity index (χ3v) is 17.0. The summed E-state index contributed by atoms with van der Waals surface area (Å²) in [4.78, 5) is 72.6. The van der Waals surface area contributed by atoms with Crippen molar-refractivity contribution in [2.75, 3.05) is 149 Å². The first-order valence-electron chi connectivity index (χ1n) is 33.0. The van der Waals surface area contributed by atoms with Gasteiger partial charge in [-0.25, -0.2) is 28.1 Å². The number of aliphatic hydroxyl groups is 3. The quantitative estimate of drug-likeness (QED) is 0.0326. The van der Waals surface area contributed by atoms with Crippen molar-refractivity contribution in [3.8, 4) is 0 Å². The fraction of sp³-hybridized carbons (Fsp3) is 0.375. The molecule has 0 aliphatic carbocycles. The van der Waals surface area contributed by atoms with Gasteiger partial charge in [0.1, 0.15) is 34.9 Å². The normalized spacial score (nSPS) is 14.8. The highest BCUT2D eigenvalue weighted by Gasteiger charge is 2.25. The molecule has 0 radical (unpaired) electrons. The molecule has 0 bridgehead atoms. The van der Waals surface area contributed by atoms with E-state index in [1.165, 1.54) is 18.2 Å². The van der Waals surface area contributed by atoms with Crippen LogP contribution in [0.25, 0.3) is 33.1 Å². The van der Waals surface area contributed by atoms with Gasteiger partial charge in [-0.05, 0) is 131 Å². The molecule has 3 aromatic heterocycles. The lowest BCUT2D eigenvalue weighted by Crippen LogP contribution is -2.36. The number of carbonyl (C=O) groups is 3. The first-order valence-corrected chi connectivity index (χ1v) is 33.0. The number of benzene rings is 6. The van der Waals surface area contributed by atoms with E-state index in [4.69, 9.17) is 44.5 Å². The molecule has 9 N–H and O–H groups in total. The number of anilines is 6. The van der Waals surface area contributed by atoms with Gasteiger partial charge >= 0.3 is 0 Å². The van der Waals surface area contributed by atoms with Crippen LogP contribution in [0, 0.1) is 38.2 Å². The molecule has 522 valence electrons. The van der Waals surface area contributed by atoms with Crippen LogP contribution in [0.15, 0.2) is 110 Å². The number of hydrogen-bond acceptors (Lipinski definition) is 21. The zero-order valence-electron chi connectivity index (χ0n) is 56.3. The van der Waals surface area contributed by atoms with Crippen molar-refractivity contribution in [1.29, 1.82) is 0 Å². The number of aliphatic hydroxyl groups excluding tert-OH is 3. The van der Waals surface area contributed by atoms with Gasteiger partial charge in [0.05, 0.1) is 129 Å².